The van der Waals surface area contributed by atoms with Crippen molar-refractivity contribution < 1.29 is 0 Å². The highest BCUT2D eigenvalue weighted by molar-refractivity contribution is 5.77. The maximum Gasteiger partial charge on any atom is -0.00431 e. The lowest BCUT2D eigenvalue weighted by atomic mass is 10.00. The van der Waals surface area contributed by atoms with Crippen LogP contribution in [-0.4, -0.2) is 0 Å². The molecule has 0 heteroatoms. The molecule has 2 aromatic rings. The van der Waals surface area contributed by atoms with Crippen molar-refractivity contribution in [3.05, 3.63) is 78.4 Å². The summed E-state index contributed by atoms with van der Waals surface area (Å²) in [6, 6.07) is 18.8. The Morgan fingerprint density at radius 1 is 0.947 bits per heavy atom. The van der Waals surface area contributed by atoms with Crippen LogP contribution in [0.5, 0.6) is 0 Å². The van der Waals surface area contributed by atoms with Crippen LogP contribution in [0.25, 0.3) is 16.7 Å². The summed E-state index contributed by atoms with van der Waals surface area (Å²) >= 11 is 0. The van der Waals surface area contributed by atoms with Gasteiger partial charge in [-0.2, -0.15) is 0 Å². The maximum absolute atomic E-state index is 5.36. The standard InChI is InChI=1S/C19H16/c1-3-8-16(9-4-2)18-12-14-19(15-13-18)17-10-6-5-7-11-17/h1,4-15H,2H3/b9-4-,16-8+. The Morgan fingerprint density at radius 3 is 2.16 bits per heavy atom. The van der Waals surface area contributed by atoms with Crippen LogP contribution in [0, 0.1) is 12.3 Å². The van der Waals surface area contributed by atoms with E-state index in [0.717, 1.165) is 11.1 Å². The van der Waals surface area contributed by atoms with Crippen molar-refractivity contribution in [1.29, 1.82) is 0 Å². The van der Waals surface area contributed by atoms with Crippen LogP contribution >= 0.6 is 0 Å². The summed E-state index contributed by atoms with van der Waals surface area (Å²) in [6.45, 7) is 1.99. The summed E-state index contributed by atoms with van der Waals surface area (Å²) in [7, 11) is 0. The number of benzene rings is 2. The second kappa shape index (κ2) is 6.42. The smallest absolute Gasteiger partial charge is 0.00431 e. The van der Waals surface area contributed by atoms with E-state index in [-0.39, 0.29) is 0 Å². The lowest BCUT2D eigenvalue weighted by Gasteiger charge is -2.05. The molecule has 0 N–H and O–H groups in total. The molecule has 0 saturated heterocycles. The molecule has 19 heavy (non-hydrogen) atoms. The van der Waals surface area contributed by atoms with E-state index in [2.05, 4.69) is 42.3 Å². The van der Waals surface area contributed by atoms with Gasteiger partial charge < -0.3 is 0 Å². The highest BCUT2D eigenvalue weighted by atomic mass is 14.0. The number of hydrogen-bond donors (Lipinski definition) is 0. The molecule has 2 rings (SSSR count). The molecule has 0 fully saturated rings. The molecule has 92 valence electrons. The van der Waals surface area contributed by atoms with E-state index in [1.165, 1.54) is 11.1 Å². The molecule has 0 bridgehead atoms. The van der Waals surface area contributed by atoms with E-state index in [9.17, 15) is 0 Å². The molecule has 0 spiro atoms. The second-order valence-corrected chi connectivity index (χ2v) is 4.21. The normalized spacial score (nSPS) is 11.5. The molecule has 0 saturated carbocycles. The molecule has 0 atom stereocenters. The van der Waals surface area contributed by atoms with Gasteiger partial charge in [0.15, 0.2) is 0 Å². The van der Waals surface area contributed by atoms with Crippen LogP contribution in [0.2, 0.25) is 0 Å². The minimum absolute atomic E-state index is 1.06. The molecular formula is C19H16. The van der Waals surface area contributed by atoms with Crippen LogP contribution in [0.1, 0.15) is 12.5 Å². The summed E-state index contributed by atoms with van der Waals surface area (Å²) in [6.07, 6.45) is 11.2. The van der Waals surface area contributed by atoms with Crippen LogP contribution < -0.4 is 0 Å². The quantitative estimate of drug-likeness (QED) is 0.529. The molecule has 0 radical (unpaired) electrons. The lowest BCUT2D eigenvalue weighted by Crippen LogP contribution is -1.82. The highest BCUT2D eigenvalue weighted by Gasteiger charge is 1.99. The second-order valence-electron chi connectivity index (χ2n) is 4.21. The van der Waals surface area contributed by atoms with Crippen molar-refractivity contribution in [2.75, 3.05) is 0 Å². The fourth-order valence-corrected chi connectivity index (χ4v) is 1.98. The molecule has 0 heterocycles. The van der Waals surface area contributed by atoms with Gasteiger partial charge in [-0.1, -0.05) is 72.7 Å². The first kappa shape index (κ1) is 12.9. The SMILES string of the molecule is C#C/C=C(\C=C/C)c1ccc(-c2ccccc2)cc1. The van der Waals surface area contributed by atoms with E-state index < -0.39 is 0 Å². The van der Waals surface area contributed by atoms with Gasteiger partial charge in [-0.25, -0.2) is 0 Å². The molecule has 0 amide bonds. The minimum atomic E-state index is 1.06. The first-order valence-corrected chi connectivity index (χ1v) is 6.30. The average Bonchev–Trinajstić information content (AvgIpc) is 2.48. The first-order valence-electron chi connectivity index (χ1n) is 6.30. The number of allylic oxidation sites excluding steroid dienone is 4. The van der Waals surface area contributed by atoms with Crippen molar-refractivity contribution in [2.45, 2.75) is 6.92 Å². The van der Waals surface area contributed by atoms with Gasteiger partial charge in [0.1, 0.15) is 0 Å². The zero-order valence-electron chi connectivity index (χ0n) is 11.0. The van der Waals surface area contributed by atoms with Crippen LogP contribution in [0.4, 0.5) is 0 Å². The Morgan fingerprint density at radius 2 is 1.58 bits per heavy atom. The van der Waals surface area contributed by atoms with E-state index >= 15 is 0 Å². The van der Waals surface area contributed by atoms with Gasteiger partial charge >= 0.3 is 0 Å². The fraction of sp³-hybridized carbons (Fsp3) is 0.0526. The molecule has 0 aromatic heterocycles. The largest absolute Gasteiger partial charge is 0.115 e. The number of hydrogen-bond acceptors (Lipinski definition) is 0. The van der Waals surface area contributed by atoms with E-state index in [0.29, 0.717) is 0 Å². The Kier molecular flexibility index (Phi) is 4.37. The Bertz CT molecular complexity index is 620. The third kappa shape index (κ3) is 3.24. The minimum Gasteiger partial charge on any atom is -0.115 e. The van der Waals surface area contributed by atoms with Crippen molar-refractivity contribution >= 4 is 5.57 Å². The summed E-state index contributed by atoms with van der Waals surface area (Å²) in [5, 5.41) is 0. The molecule has 0 unspecified atom stereocenters. The van der Waals surface area contributed by atoms with E-state index in [4.69, 9.17) is 6.42 Å². The zero-order valence-corrected chi connectivity index (χ0v) is 11.0. The number of rotatable bonds is 3. The number of terminal acetylenes is 1. The van der Waals surface area contributed by atoms with Gasteiger partial charge in [-0.3, -0.25) is 0 Å². The van der Waals surface area contributed by atoms with Crippen molar-refractivity contribution in [2.24, 2.45) is 0 Å². The zero-order chi connectivity index (χ0) is 13.5. The third-order valence-electron chi connectivity index (χ3n) is 2.91. The van der Waals surface area contributed by atoms with Crippen molar-refractivity contribution in [3.63, 3.8) is 0 Å². The maximum atomic E-state index is 5.36. The Hall–Kier alpha value is -2.52. The molecule has 0 nitrogen and oxygen atoms in total. The van der Waals surface area contributed by atoms with Crippen LogP contribution in [-0.2, 0) is 0 Å². The highest BCUT2D eigenvalue weighted by Crippen LogP contribution is 2.22. The predicted octanol–water partition coefficient (Wildman–Crippen LogP) is 4.95. The summed E-state index contributed by atoms with van der Waals surface area (Å²) in [5.74, 6) is 2.58. The van der Waals surface area contributed by atoms with Crippen LogP contribution in [0.3, 0.4) is 0 Å². The average molecular weight is 244 g/mol. The summed E-state index contributed by atoms with van der Waals surface area (Å²) in [5.41, 5.74) is 4.63. The van der Waals surface area contributed by atoms with E-state index in [1.807, 2.05) is 37.3 Å². The first-order chi connectivity index (χ1) is 9.35. The molecule has 0 aliphatic heterocycles. The van der Waals surface area contributed by atoms with Gasteiger partial charge in [0, 0.05) is 0 Å². The summed E-state index contributed by atoms with van der Waals surface area (Å²) < 4.78 is 0. The van der Waals surface area contributed by atoms with E-state index in [1.54, 1.807) is 6.08 Å². The van der Waals surface area contributed by atoms with Gasteiger partial charge in [0.05, 0.1) is 0 Å². The molecule has 2 aromatic carbocycles. The van der Waals surface area contributed by atoms with Gasteiger partial charge in [0.2, 0.25) is 0 Å². The molecular weight excluding hydrogens is 228 g/mol. The van der Waals surface area contributed by atoms with Crippen molar-refractivity contribution in [3.8, 4) is 23.5 Å². The third-order valence-corrected chi connectivity index (χ3v) is 2.91. The van der Waals surface area contributed by atoms with Gasteiger partial charge in [-0.15, -0.1) is 6.42 Å². The van der Waals surface area contributed by atoms with Crippen molar-refractivity contribution in [1.82, 2.24) is 0 Å². The lowest BCUT2D eigenvalue weighted by molar-refractivity contribution is 1.58. The van der Waals surface area contributed by atoms with Gasteiger partial charge in [-0.05, 0) is 35.3 Å². The topological polar surface area (TPSA) is 0 Å². The van der Waals surface area contributed by atoms with Crippen LogP contribution in [0.15, 0.2) is 72.8 Å². The Balaban J connectivity index is 2.34. The predicted molar refractivity (Wildman–Crippen MR) is 83.5 cm³/mol. The fourth-order valence-electron chi connectivity index (χ4n) is 1.98. The van der Waals surface area contributed by atoms with Gasteiger partial charge in [0.25, 0.3) is 0 Å². The summed E-state index contributed by atoms with van der Waals surface area (Å²) in [4.78, 5) is 0. The monoisotopic (exact) mass is 244 g/mol. The Labute approximate surface area is 115 Å². The molecule has 0 aliphatic carbocycles. The molecule has 0 aliphatic rings.